The highest BCUT2D eigenvalue weighted by atomic mass is 32.2. The second-order valence-electron chi connectivity index (χ2n) is 5.80. The molecule has 0 saturated heterocycles. The summed E-state index contributed by atoms with van der Waals surface area (Å²) in [5.74, 6) is -0.194. The zero-order chi connectivity index (χ0) is 18.0. The lowest BCUT2D eigenvalue weighted by Crippen LogP contribution is -2.03. The van der Waals surface area contributed by atoms with Crippen molar-refractivity contribution >= 4 is 27.7 Å². The van der Waals surface area contributed by atoms with Crippen LogP contribution in [0.4, 0.5) is 0 Å². The van der Waals surface area contributed by atoms with E-state index in [0.29, 0.717) is 17.2 Å². The molecule has 0 aliphatic carbocycles. The van der Waals surface area contributed by atoms with Gasteiger partial charge in [0.2, 0.25) is 0 Å². The van der Waals surface area contributed by atoms with Gasteiger partial charge in [0.05, 0.1) is 34.7 Å². The first kappa shape index (κ1) is 17.2. The van der Waals surface area contributed by atoms with Gasteiger partial charge in [-0.05, 0) is 31.2 Å². The first-order valence-corrected chi connectivity index (χ1v) is 9.01. The van der Waals surface area contributed by atoms with Crippen molar-refractivity contribution in [3.63, 3.8) is 0 Å². The summed E-state index contributed by atoms with van der Waals surface area (Å²) in [7, 11) is 0.240. The van der Waals surface area contributed by atoms with Crippen molar-refractivity contribution in [1.82, 2.24) is 4.57 Å². The van der Waals surface area contributed by atoms with Crippen molar-refractivity contribution in [3.8, 4) is 5.75 Å². The lowest BCUT2D eigenvalue weighted by Gasteiger charge is -2.04. The number of carboxylic acid groups (broad SMARTS) is 1. The molecule has 0 radical (unpaired) electrons. The molecule has 3 rings (SSSR count). The molecule has 0 amide bonds. The van der Waals surface area contributed by atoms with Crippen LogP contribution >= 0.6 is 0 Å². The number of carbonyl (C=O) groups is 1. The maximum atomic E-state index is 13.0. The number of rotatable bonds is 6. The minimum Gasteiger partial charge on any atom is -0.497 e. The predicted molar refractivity (Wildman–Crippen MR) is 96.6 cm³/mol. The standard InChI is InChI=1S/C19H19NO4S/c1-13-3-6-15(7-4-13)25(23)18-12-20(10-9-19(21)22)17-11-14(24-2)5-8-16(17)18/h3-8,11-12H,9-10H2,1-2H3,(H,21,22). The summed E-state index contributed by atoms with van der Waals surface area (Å²) in [5.41, 5.74) is 1.92. The lowest BCUT2D eigenvalue weighted by atomic mass is 10.2. The van der Waals surface area contributed by atoms with Crippen molar-refractivity contribution in [1.29, 1.82) is 0 Å². The van der Waals surface area contributed by atoms with Gasteiger partial charge in [-0.15, -0.1) is 0 Å². The smallest absolute Gasteiger partial charge is 0.305 e. The second-order valence-corrected chi connectivity index (χ2v) is 7.24. The van der Waals surface area contributed by atoms with E-state index in [9.17, 15) is 9.00 Å². The molecule has 0 bridgehead atoms. The van der Waals surface area contributed by atoms with E-state index in [2.05, 4.69) is 0 Å². The van der Waals surface area contributed by atoms with E-state index >= 15 is 0 Å². The molecule has 0 fully saturated rings. The average molecular weight is 357 g/mol. The maximum Gasteiger partial charge on any atom is 0.305 e. The van der Waals surface area contributed by atoms with E-state index in [1.807, 2.05) is 54.0 Å². The van der Waals surface area contributed by atoms with E-state index in [1.165, 1.54) is 0 Å². The number of aryl methyl sites for hydroxylation is 2. The van der Waals surface area contributed by atoms with Crippen LogP contribution in [0.15, 0.2) is 58.5 Å². The van der Waals surface area contributed by atoms with Crippen molar-refractivity contribution < 1.29 is 18.8 Å². The normalized spacial score (nSPS) is 12.2. The van der Waals surface area contributed by atoms with Gasteiger partial charge in [0, 0.05) is 29.1 Å². The van der Waals surface area contributed by atoms with Gasteiger partial charge >= 0.3 is 5.97 Å². The summed E-state index contributed by atoms with van der Waals surface area (Å²) in [6.45, 7) is 2.29. The average Bonchev–Trinajstić information content (AvgIpc) is 2.97. The molecule has 3 aromatic rings. The number of benzene rings is 2. The number of carboxylic acids is 1. The predicted octanol–water partition coefficient (Wildman–Crippen LogP) is 3.60. The number of fused-ring (bicyclic) bond motifs is 1. The van der Waals surface area contributed by atoms with Crippen LogP contribution in [0.3, 0.4) is 0 Å². The molecular weight excluding hydrogens is 338 g/mol. The molecule has 1 heterocycles. The number of aromatic nitrogens is 1. The molecule has 5 nitrogen and oxygen atoms in total. The molecular formula is C19H19NO4S. The number of hydrogen-bond donors (Lipinski definition) is 1. The molecule has 2 aromatic carbocycles. The Morgan fingerprint density at radius 3 is 2.56 bits per heavy atom. The summed E-state index contributed by atoms with van der Waals surface area (Å²) in [4.78, 5) is 12.3. The molecule has 130 valence electrons. The Labute approximate surface area is 148 Å². The summed E-state index contributed by atoms with van der Waals surface area (Å²) < 4.78 is 20.1. The number of hydrogen-bond acceptors (Lipinski definition) is 3. The number of methoxy groups -OCH3 is 1. The van der Waals surface area contributed by atoms with Crippen LogP contribution in [0.25, 0.3) is 10.9 Å². The highest BCUT2D eigenvalue weighted by Gasteiger charge is 2.16. The number of ether oxygens (including phenoxy) is 1. The molecule has 1 N–H and O–H groups in total. The molecule has 1 unspecified atom stereocenters. The highest BCUT2D eigenvalue weighted by molar-refractivity contribution is 7.85. The molecule has 0 aliphatic heterocycles. The van der Waals surface area contributed by atoms with Crippen LogP contribution < -0.4 is 4.74 Å². The Morgan fingerprint density at radius 2 is 1.92 bits per heavy atom. The van der Waals surface area contributed by atoms with Crippen molar-refractivity contribution in [2.24, 2.45) is 0 Å². The third kappa shape index (κ3) is 3.58. The van der Waals surface area contributed by atoms with Gasteiger partial charge in [-0.25, -0.2) is 4.21 Å². The number of nitrogens with zero attached hydrogens (tertiary/aromatic N) is 1. The van der Waals surface area contributed by atoms with Gasteiger partial charge in [0.15, 0.2) is 0 Å². The summed E-state index contributed by atoms with van der Waals surface area (Å²) >= 11 is 0. The van der Waals surface area contributed by atoms with Gasteiger partial charge in [-0.2, -0.15) is 0 Å². The first-order chi connectivity index (χ1) is 12.0. The highest BCUT2D eigenvalue weighted by Crippen LogP contribution is 2.30. The SMILES string of the molecule is COc1ccc2c(S(=O)c3ccc(C)cc3)cn(CCC(=O)O)c2c1. The molecule has 0 saturated carbocycles. The van der Waals surface area contributed by atoms with Gasteiger partial charge in [0.1, 0.15) is 5.75 Å². The Balaban J connectivity index is 2.09. The van der Waals surface area contributed by atoms with E-state index in [4.69, 9.17) is 9.84 Å². The summed E-state index contributed by atoms with van der Waals surface area (Å²) in [6, 6.07) is 13.1. The topological polar surface area (TPSA) is 68.5 Å². The third-order valence-corrected chi connectivity index (χ3v) is 5.48. The van der Waals surface area contributed by atoms with Crippen molar-refractivity contribution in [2.75, 3.05) is 7.11 Å². The second kappa shape index (κ2) is 7.11. The summed E-state index contributed by atoms with van der Waals surface area (Å²) in [5, 5.41) is 9.81. The first-order valence-electron chi connectivity index (χ1n) is 7.86. The Bertz CT molecular complexity index is 944. The Kier molecular flexibility index (Phi) is 4.90. The van der Waals surface area contributed by atoms with Crippen LogP contribution in [0.1, 0.15) is 12.0 Å². The lowest BCUT2D eigenvalue weighted by molar-refractivity contribution is -0.137. The zero-order valence-electron chi connectivity index (χ0n) is 14.1. The van der Waals surface area contributed by atoms with Crippen LogP contribution in [-0.4, -0.2) is 27.0 Å². The molecule has 0 aliphatic rings. The van der Waals surface area contributed by atoms with Gasteiger partial charge in [0.25, 0.3) is 0 Å². The van der Waals surface area contributed by atoms with Crippen LogP contribution in [0.5, 0.6) is 5.75 Å². The van der Waals surface area contributed by atoms with Gasteiger partial charge < -0.3 is 14.4 Å². The van der Waals surface area contributed by atoms with Crippen molar-refractivity contribution in [2.45, 2.75) is 29.7 Å². The molecule has 1 atom stereocenters. The van der Waals surface area contributed by atoms with E-state index < -0.39 is 16.8 Å². The quantitative estimate of drug-likeness (QED) is 0.732. The van der Waals surface area contributed by atoms with Crippen LogP contribution in [0.2, 0.25) is 0 Å². The molecule has 25 heavy (non-hydrogen) atoms. The van der Waals surface area contributed by atoms with Gasteiger partial charge in [-0.3, -0.25) is 4.79 Å². The minimum absolute atomic E-state index is 0.00238. The van der Waals surface area contributed by atoms with E-state index in [0.717, 1.165) is 21.4 Å². The van der Waals surface area contributed by atoms with E-state index in [-0.39, 0.29) is 6.42 Å². The monoisotopic (exact) mass is 357 g/mol. The third-order valence-electron chi connectivity index (χ3n) is 4.05. The zero-order valence-corrected chi connectivity index (χ0v) is 14.9. The Hall–Kier alpha value is -2.60. The largest absolute Gasteiger partial charge is 0.497 e. The number of aliphatic carboxylic acids is 1. The van der Waals surface area contributed by atoms with E-state index in [1.54, 1.807) is 13.3 Å². The van der Waals surface area contributed by atoms with Crippen molar-refractivity contribution in [3.05, 3.63) is 54.2 Å². The summed E-state index contributed by atoms with van der Waals surface area (Å²) in [6.07, 6.45) is 1.78. The van der Waals surface area contributed by atoms with Crippen LogP contribution in [-0.2, 0) is 22.1 Å². The molecule has 0 spiro atoms. The van der Waals surface area contributed by atoms with Crippen LogP contribution in [0, 0.1) is 6.92 Å². The fourth-order valence-electron chi connectivity index (χ4n) is 2.70. The fourth-order valence-corrected chi connectivity index (χ4v) is 3.94. The van der Waals surface area contributed by atoms with Gasteiger partial charge in [-0.1, -0.05) is 17.7 Å². The fraction of sp³-hybridized carbons (Fsp3) is 0.211. The Morgan fingerprint density at radius 1 is 1.20 bits per heavy atom. The molecule has 6 heteroatoms. The minimum atomic E-state index is -1.34. The molecule has 1 aromatic heterocycles. The maximum absolute atomic E-state index is 13.0.